The van der Waals surface area contributed by atoms with Crippen LogP contribution in [0.3, 0.4) is 0 Å². The van der Waals surface area contributed by atoms with Crippen LogP contribution in [0.4, 0.5) is 5.82 Å². The average Bonchev–Trinajstić information content (AvgIpc) is 2.63. The number of aliphatic hydroxyl groups is 1. The first-order valence-electron chi connectivity index (χ1n) is 5.98. The van der Waals surface area contributed by atoms with Crippen molar-refractivity contribution in [1.82, 2.24) is 4.98 Å². The first kappa shape index (κ1) is 11.4. The minimum atomic E-state index is 0.0810. The van der Waals surface area contributed by atoms with Gasteiger partial charge >= 0.3 is 0 Å². The quantitative estimate of drug-likeness (QED) is 0.830. The number of pyridine rings is 1. The van der Waals surface area contributed by atoms with Gasteiger partial charge in [-0.15, -0.1) is 0 Å². The Kier molecular flexibility index (Phi) is 3.15. The lowest BCUT2D eigenvalue weighted by Gasteiger charge is -2.26. The Balaban J connectivity index is 2.45. The maximum Gasteiger partial charge on any atom is 0.134 e. The molecule has 1 atom stereocenters. The van der Waals surface area contributed by atoms with Crippen LogP contribution in [0.5, 0.6) is 0 Å². The van der Waals surface area contributed by atoms with E-state index >= 15 is 0 Å². The molecule has 88 valence electrons. The maximum atomic E-state index is 9.47. The molecule has 1 unspecified atom stereocenters. The highest BCUT2D eigenvalue weighted by molar-refractivity contribution is 5.52. The predicted molar refractivity (Wildman–Crippen MR) is 65.7 cm³/mol. The molecule has 0 aromatic carbocycles. The standard InChI is InChI=1S/C13H20N2O/c1-9-7-10(2)14-13(12(9)8-16)15-6-4-5-11(15)3/h7,11,16H,4-6,8H2,1-3H3. The summed E-state index contributed by atoms with van der Waals surface area (Å²) in [6.45, 7) is 7.43. The highest BCUT2D eigenvalue weighted by Crippen LogP contribution is 2.29. The normalized spacial score (nSPS) is 20.5. The largest absolute Gasteiger partial charge is 0.392 e. The number of rotatable bonds is 2. The molecule has 16 heavy (non-hydrogen) atoms. The first-order valence-corrected chi connectivity index (χ1v) is 5.98. The third-order valence-electron chi connectivity index (χ3n) is 3.44. The zero-order valence-corrected chi connectivity index (χ0v) is 10.3. The molecule has 0 amide bonds. The number of hydrogen-bond donors (Lipinski definition) is 1. The fraction of sp³-hybridized carbons (Fsp3) is 0.615. The SMILES string of the molecule is Cc1cc(C)c(CO)c(N2CCCC2C)n1. The lowest BCUT2D eigenvalue weighted by Crippen LogP contribution is -2.28. The number of aliphatic hydroxyl groups excluding tert-OH is 1. The van der Waals surface area contributed by atoms with Crippen molar-refractivity contribution in [2.24, 2.45) is 0 Å². The number of hydrogen-bond acceptors (Lipinski definition) is 3. The highest BCUT2D eigenvalue weighted by atomic mass is 16.3. The van der Waals surface area contributed by atoms with Gasteiger partial charge in [0.15, 0.2) is 0 Å². The second-order valence-corrected chi connectivity index (χ2v) is 4.73. The molecule has 1 aromatic heterocycles. The molecule has 0 bridgehead atoms. The zero-order chi connectivity index (χ0) is 11.7. The van der Waals surface area contributed by atoms with E-state index in [-0.39, 0.29) is 6.61 Å². The Morgan fingerprint density at radius 2 is 2.25 bits per heavy atom. The van der Waals surface area contributed by atoms with Crippen molar-refractivity contribution in [2.75, 3.05) is 11.4 Å². The van der Waals surface area contributed by atoms with E-state index in [4.69, 9.17) is 0 Å². The molecule has 3 nitrogen and oxygen atoms in total. The summed E-state index contributed by atoms with van der Waals surface area (Å²) in [5.41, 5.74) is 3.16. The van der Waals surface area contributed by atoms with Crippen LogP contribution in [0, 0.1) is 13.8 Å². The van der Waals surface area contributed by atoms with Crippen LogP contribution in [0.2, 0.25) is 0 Å². The molecule has 1 saturated heterocycles. The van der Waals surface area contributed by atoms with Crippen LogP contribution >= 0.6 is 0 Å². The Bertz CT molecular complexity index is 390. The lowest BCUT2D eigenvalue weighted by molar-refractivity contribution is 0.280. The molecule has 1 fully saturated rings. The first-order chi connectivity index (χ1) is 7.63. The van der Waals surface area contributed by atoms with Crippen LogP contribution < -0.4 is 4.90 Å². The van der Waals surface area contributed by atoms with Gasteiger partial charge in [-0.05, 0) is 45.2 Å². The van der Waals surface area contributed by atoms with Crippen molar-refractivity contribution in [3.63, 3.8) is 0 Å². The van der Waals surface area contributed by atoms with Crippen LogP contribution in [-0.4, -0.2) is 22.7 Å². The van der Waals surface area contributed by atoms with E-state index in [1.807, 2.05) is 19.9 Å². The molecule has 0 spiro atoms. The van der Waals surface area contributed by atoms with Crippen LogP contribution in [-0.2, 0) is 6.61 Å². The molecule has 0 saturated carbocycles. The molecule has 0 radical (unpaired) electrons. The van der Waals surface area contributed by atoms with Crippen molar-refractivity contribution >= 4 is 5.82 Å². The molecule has 3 heteroatoms. The van der Waals surface area contributed by atoms with E-state index in [0.717, 1.165) is 29.2 Å². The summed E-state index contributed by atoms with van der Waals surface area (Å²) in [7, 11) is 0. The number of anilines is 1. The van der Waals surface area contributed by atoms with Crippen molar-refractivity contribution < 1.29 is 5.11 Å². The summed E-state index contributed by atoms with van der Waals surface area (Å²) < 4.78 is 0. The zero-order valence-electron chi connectivity index (χ0n) is 10.3. The number of nitrogens with zero attached hydrogens (tertiary/aromatic N) is 2. The van der Waals surface area contributed by atoms with Gasteiger partial charge in [-0.25, -0.2) is 4.98 Å². The Morgan fingerprint density at radius 1 is 1.50 bits per heavy atom. The van der Waals surface area contributed by atoms with E-state index in [0.29, 0.717) is 6.04 Å². The van der Waals surface area contributed by atoms with Gasteiger partial charge in [0.25, 0.3) is 0 Å². The van der Waals surface area contributed by atoms with E-state index in [1.165, 1.54) is 12.8 Å². The van der Waals surface area contributed by atoms with Crippen LogP contribution in [0.1, 0.15) is 36.6 Å². The molecule has 1 aliphatic heterocycles. The molecule has 0 aliphatic carbocycles. The Hall–Kier alpha value is -1.09. The molecule has 1 aliphatic rings. The van der Waals surface area contributed by atoms with Crippen LogP contribution in [0.15, 0.2) is 6.07 Å². The van der Waals surface area contributed by atoms with E-state index < -0.39 is 0 Å². The Labute approximate surface area is 97.1 Å². The minimum absolute atomic E-state index is 0.0810. The fourth-order valence-corrected chi connectivity index (χ4v) is 2.52. The van der Waals surface area contributed by atoms with E-state index in [2.05, 4.69) is 16.8 Å². The average molecular weight is 220 g/mol. The van der Waals surface area contributed by atoms with Gasteiger partial charge in [0.05, 0.1) is 6.61 Å². The minimum Gasteiger partial charge on any atom is -0.392 e. The summed E-state index contributed by atoms with van der Waals surface area (Å²) in [4.78, 5) is 6.93. The second kappa shape index (κ2) is 4.42. The molecular weight excluding hydrogens is 200 g/mol. The van der Waals surface area contributed by atoms with Crippen molar-refractivity contribution in [3.8, 4) is 0 Å². The van der Waals surface area contributed by atoms with Gasteiger partial charge < -0.3 is 10.0 Å². The van der Waals surface area contributed by atoms with Crippen molar-refractivity contribution in [2.45, 2.75) is 46.3 Å². The summed E-state index contributed by atoms with van der Waals surface area (Å²) in [5.74, 6) is 0.991. The van der Waals surface area contributed by atoms with Gasteiger partial charge in [0.1, 0.15) is 5.82 Å². The third-order valence-corrected chi connectivity index (χ3v) is 3.44. The summed E-state index contributed by atoms with van der Waals surface area (Å²) in [6.07, 6.45) is 2.44. The monoisotopic (exact) mass is 220 g/mol. The van der Waals surface area contributed by atoms with E-state index in [9.17, 15) is 5.11 Å². The second-order valence-electron chi connectivity index (χ2n) is 4.73. The number of aryl methyl sites for hydroxylation is 2. The van der Waals surface area contributed by atoms with Gasteiger partial charge in [0.2, 0.25) is 0 Å². The molecule has 1 N–H and O–H groups in total. The summed E-state index contributed by atoms with van der Waals surface area (Å²) in [6, 6.07) is 2.58. The van der Waals surface area contributed by atoms with Gasteiger partial charge in [-0.2, -0.15) is 0 Å². The maximum absolute atomic E-state index is 9.47. The highest BCUT2D eigenvalue weighted by Gasteiger charge is 2.24. The molecule has 2 heterocycles. The van der Waals surface area contributed by atoms with Gasteiger partial charge in [0, 0.05) is 23.8 Å². The predicted octanol–water partition coefficient (Wildman–Crippen LogP) is 2.18. The van der Waals surface area contributed by atoms with E-state index in [1.54, 1.807) is 0 Å². The summed E-state index contributed by atoms with van der Waals surface area (Å²) >= 11 is 0. The van der Waals surface area contributed by atoms with Crippen LogP contribution in [0.25, 0.3) is 0 Å². The van der Waals surface area contributed by atoms with Gasteiger partial charge in [-0.1, -0.05) is 0 Å². The smallest absolute Gasteiger partial charge is 0.134 e. The number of aromatic nitrogens is 1. The van der Waals surface area contributed by atoms with Crippen molar-refractivity contribution in [1.29, 1.82) is 0 Å². The van der Waals surface area contributed by atoms with Crippen molar-refractivity contribution in [3.05, 3.63) is 22.9 Å². The molecule has 2 rings (SSSR count). The lowest BCUT2D eigenvalue weighted by atomic mass is 10.1. The molecule has 1 aromatic rings. The van der Waals surface area contributed by atoms with Gasteiger partial charge in [-0.3, -0.25) is 0 Å². The third kappa shape index (κ3) is 1.92. The topological polar surface area (TPSA) is 36.4 Å². The fourth-order valence-electron chi connectivity index (χ4n) is 2.52. The summed E-state index contributed by atoms with van der Waals surface area (Å²) in [5, 5.41) is 9.47. The molecular formula is C13H20N2O. The Morgan fingerprint density at radius 3 is 2.81 bits per heavy atom.